The number of hydrogen-bond acceptors (Lipinski definition) is 3. The van der Waals surface area contributed by atoms with E-state index in [2.05, 4.69) is 5.32 Å². The summed E-state index contributed by atoms with van der Waals surface area (Å²) in [6.45, 7) is 1.93. The first-order chi connectivity index (χ1) is 9.65. The molecular formula is C16H15FN2O. The van der Waals surface area contributed by atoms with Gasteiger partial charge in [0.1, 0.15) is 11.6 Å². The van der Waals surface area contributed by atoms with Crippen molar-refractivity contribution in [3.8, 4) is 11.8 Å². The zero-order valence-corrected chi connectivity index (χ0v) is 11.4. The van der Waals surface area contributed by atoms with Crippen LogP contribution in [-0.2, 0) is 0 Å². The van der Waals surface area contributed by atoms with Gasteiger partial charge in [0.05, 0.1) is 30.5 Å². The van der Waals surface area contributed by atoms with Crippen LogP contribution in [-0.4, -0.2) is 7.11 Å². The molecular weight excluding hydrogens is 255 g/mol. The van der Waals surface area contributed by atoms with Crippen LogP contribution in [0.2, 0.25) is 0 Å². The zero-order chi connectivity index (χ0) is 14.5. The van der Waals surface area contributed by atoms with E-state index in [0.29, 0.717) is 11.3 Å². The van der Waals surface area contributed by atoms with Crippen LogP contribution in [0.15, 0.2) is 42.5 Å². The molecule has 2 rings (SSSR count). The minimum absolute atomic E-state index is 0.117. The van der Waals surface area contributed by atoms with Gasteiger partial charge in [-0.2, -0.15) is 5.26 Å². The van der Waals surface area contributed by atoms with E-state index in [1.54, 1.807) is 19.2 Å². The summed E-state index contributed by atoms with van der Waals surface area (Å²) in [5, 5.41) is 11.8. The van der Waals surface area contributed by atoms with Crippen molar-refractivity contribution < 1.29 is 9.13 Å². The first kappa shape index (κ1) is 13.9. The fourth-order valence-corrected chi connectivity index (χ4v) is 2.04. The second-order valence-corrected chi connectivity index (χ2v) is 4.41. The van der Waals surface area contributed by atoms with Gasteiger partial charge in [0.15, 0.2) is 0 Å². The van der Waals surface area contributed by atoms with Crippen molar-refractivity contribution in [1.29, 1.82) is 5.26 Å². The van der Waals surface area contributed by atoms with Crippen LogP contribution in [0, 0.1) is 17.1 Å². The molecule has 0 spiro atoms. The summed E-state index contributed by atoms with van der Waals surface area (Å²) >= 11 is 0. The molecule has 2 aromatic carbocycles. The normalized spacial score (nSPS) is 11.5. The van der Waals surface area contributed by atoms with E-state index in [1.807, 2.05) is 37.3 Å². The lowest BCUT2D eigenvalue weighted by molar-refractivity contribution is 0.408. The summed E-state index contributed by atoms with van der Waals surface area (Å²) in [6.07, 6.45) is 0. The fourth-order valence-electron chi connectivity index (χ4n) is 2.04. The van der Waals surface area contributed by atoms with Gasteiger partial charge in [-0.15, -0.1) is 0 Å². The monoisotopic (exact) mass is 270 g/mol. The number of halogens is 1. The molecule has 0 saturated heterocycles. The molecule has 1 atom stereocenters. The molecule has 0 radical (unpaired) electrons. The predicted octanol–water partition coefficient (Wildman–Crippen LogP) is 3.88. The van der Waals surface area contributed by atoms with Gasteiger partial charge in [-0.3, -0.25) is 0 Å². The van der Waals surface area contributed by atoms with Crippen molar-refractivity contribution in [2.24, 2.45) is 0 Å². The Morgan fingerprint density at radius 3 is 2.65 bits per heavy atom. The Balaban J connectivity index is 2.24. The Morgan fingerprint density at radius 2 is 2.00 bits per heavy atom. The molecule has 0 aliphatic heterocycles. The largest absolute Gasteiger partial charge is 0.496 e. The Labute approximate surface area is 117 Å². The predicted molar refractivity (Wildman–Crippen MR) is 76.1 cm³/mol. The molecule has 2 aromatic rings. The van der Waals surface area contributed by atoms with Crippen molar-refractivity contribution in [2.75, 3.05) is 12.4 Å². The first-order valence-corrected chi connectivity index (χ1v) is 6.25. The molecule has 1 N–H and O–H groups in total. The number of nitrogens with zero attached hydrogens (tertiary/aromatic N) is 1. The quantitative estimate of drug-likeness (QED) is 0.917. The second kappa shape index (κ2) is 6.07. The minimum Gasteiger partial charge on any atom is -0.496 e. The first-order valence-electron chi connectivity index (χ1n) is 6.25. The Morgan fingerprint density at radius 1 is 1.25 bits per heavy atom. The lowest BCUT2D eigenvalue weighted by Crippen LogP contribution is -2.09. The average molecular weight is 270 g/mol. The van der Waals surface area contributed by atoms with Crippen molar-refractivity contribution in [2.45, 2.75) is 13.0 Å². The molecule has 0 fully saturated rings. The molecule has 0 saturated carbocycles. The van der Waals surface area contributed by atoms with E-state index < -0.39 is 5.82 Å². The molecule has 102 valence electrons. The van der Waals surface area contributed by atoms with Gasteiger partial charge in [-0.05, 0) is 31.2 Å². The summed E-state index contributed by atoms with van der Waals surface area (Å²) in [4.78, 5) is 0. The van der Waals surface area contributed by atoms with E-state index in [4.69, 9.17) is 10.00 Å². The van der Waals surface area contributed by atoms with Crippen molar-refractivity contribution >= 4 is 5.69 Å². The summed E-state index contributed by atoms with van der Waals surface area (Å²) in [5.74, 6) is 0.312. The maximum Gasteiger partial charge on any atom is 0.147 e. The van der Waals surface area contributed by atoms with Crippen LogP contribution in [0.1, 0.15) is 24.1 Å². The van der Waals surface area contributed by atoms with Crippen LogP contribution in [0.3, 0.4) is 0 Å². The zero-order valence-electron chi connectivity index (χ0n) is 11.4. The van der Waals surface area contributed by atoms with E-state index in [1.165, 1.54) is 6.07 Å². The highest BCUT2D eigenvalue weighted by atomic mass is 19.1. The third-order valence-corrected chi connectivity index (χ3v) is 3.08. The molecule has 3 nitrogen and oxygen atoms in total. The number of nitriles is 1. The highest BCUT2D eigenvalue weighted by Gasteiger charge is 2.12. The number of nitrogens with one attached hydrogen (secondary N) is 1. The SMILES string of the molecule is COc1ccccc1C(C)Nc1ccc(C#N)cc1F. The molecule has 20 heavy (non-hydrogen) atoms. The summed E-state index contributed by atoms with van der Waals surface area (Å²) in [6, 6.07) is 13.8. The Kier molecular flexibility index (Phi) is 4.21. The van der Waals surface area contributed by atoms with Crippen molar-refractivity contribution in [3.05, 3.63) is 59.4 Å². The van der Waals surface area contributed by atoms with Crippen LogP contribution in [0.4, 0.5) is 10.1 Å². The number of para-hydroxylation sites is 1. The standard InChI is InChI=1S/C16H15FN2O/c1-11(13-5-3-4-6-16(13)20-2)19-15-8-7-12(10-18)9-14(15)17/h3-9,11,19H,1-2H3. The van der Waals surface area contributed by atoms with Gasteiger partial charge in [0.2, 0.25) is 0 Å². The summed E-state index contributed by atoms with van der Waals surface area (Å²) in [7, 11) is 1.61. The van der Waals surface area contributed by atoms with E-state index in [-0.39, 0.29) is 6.04 Å². The fraction of sp³-hybridized carbons (Fsp3) is 0.188. The smallest absolute Gasteiger partial charge is 0.147 e. The molecule has 0 aliphatic rings. The van der Waals surface area contributed by atoms with Gasteiger partial charge in [0, 0.05) is 5.56 Å². The van der Waals surface area contributed by atoms with Crippen molar-refractivity contribution in [3.63, 3.8) is 0 Å². The lowest BCUT2D eigenvalue weighted by Gasteiger charge is -2.18. The molecule has 0 aromatic heterocycles. The van der Waals surface area contributed by atoms with E-state index in [9.17, 15) is 4.39 Å². The molecule has 0 amide bonds. The highest BCUT2D eigenvalue weighted by molar-refractivity contribution is 5.51. The van der Waals surface area contributed by atoms with Gasteiger partial charge in [-0.25, -0.2) is 4.39 Å². The van der Waals surface area contributed by atoms with Gasteiger partial charge in [-0.1, -0.05) is 18.2 Å². The number of hydrogen-bond donors (Lipinski definition) is 1. The average Bonchev–Trinajstić information content (AvgIpc) is 2.49. The molecule has 4 heteroatoms. The molecule has 0 bridgehead atoms. The van der Waals surface area contributed by atoms with Gasteiger partial charge < -0.3 is 10.1 Å². The molecule has 0 heterocycles. The Bertz CT molecular complexity index is 649. The lowest BCUT2D eigenvalue weighted by atomic mass is 10.1. The summed E-state index contributed by atoms with van der Waals surface area (Å²) < 4.78 is 19.1. The maximum absolute atomic E-state index is 13.9. The number of ether oxygens (including phenoxy) is 1. The van der Waals surface area contributed by atoms with E-state index >= 15 is 0 Å². The third kappa shape index (κ3) is 2.89. The van der Waals surface area contributed by atoms with Crippen LogP contribution in [0.25, 0.3) is 0 Å². The van der Waals surface area contributed by atoms with Crippen molar-refractivity contribution in [1.82, 2.24) is 0 Å². The van der Waals surface area contributed by atoms with Gasteiger partial charge >= 0.3 is 0 Å². The number of benzene rings is 2. The second-order valence-electron chi connectivity index (χ2n) is 4.41. The van der Waals surface area contributed by atoms with Crippen LogP contribution in [0.5, 0.6) is 5.75 Å². The summed E-state index contributed by atoms with van der Waals surface area (Å²) in [5.41, 5.74) is 1.61. The van der Waals surface area contributed by atoms with Crippen LogP contribution >= 0.6 is 0 Å². The molecule has 0 aliphatic carbocycles. The number of methoxy groups -OCH3 is 1. The van der Waals surface area contributed by atoms with Crippen LogP contribution < -0.4 is 10.1 Å². The Hall–Kier alpha value is -2.54. The van der Waals surface area contributed by atoms with E-state index in [0.717, 1.165) is 11.3 Å². The van der Waals surface area contributed by atoms with Gasteiger partial charge in [0.25, 0.3) is 0 Å². The number of rotatable bonds is 4. The number of anilines is 1. The molecule has 1 unspecified atom stereocenters. The maximum atomic E-state index is 13.9. The minimum atomic E-state index is -0.439. The highest BCUT2D eigenvalue weighted by Crippen LogP contribution is 2.28. The topological polar surface area (TPSA) is 45.0 Å². The third-order valence-electron chi connectivity index (χ3n) is 3.08.